The second-order valence-corrected chi connectivity index (χ2v) is 5.25. The van der Waals surface area contributed by atoms with Crippen molar-refractivity contribution in [3.05, 3.63) is 53.6 Å². The van der Waals surface area contributed by atoms with Crippen LogP contribution in [-0.2, 0) is 0 Å². The number of ether oxygens (including phenoxy) is 4. The summed E-state index contributed by atoms with van der Waals surface area (Å²) < 4.78 is 45.7. The summed E-state index contributed by atoms with van der Waals surface area (Å²) in [6.45, 7) is -1.00. The summed E-state index contributed by atoms with van der Waals surface area (Å²) in [5.74, 6) is 0.578. The third-order valence-corrected chi connectivity index (χ3v) is 3.60. The van der Waals surface area contributed by atoms with Crippen molar-refractivity contribution in [1.29, 1.82) is 0 Å². The molecule has 0 bridgehead atoms. The number of carbonyl (C=O) groups excluding carboxylic acids is 1. The molecule has 2 rings (SSSR count). The topological polar surface area (TPSA) is 54.0 Å². The van der Waals surface area contributed by atoms with Gasteiger partial charge >= 0.3 is 6.61 Å². The van der Waals surface area contributed by atoms with Gasteiger partial charge in [-0.05, 0) is 37.3 Å². The fraction of sp³-hybridized carbons (Fsp3) is 0.250. The molecule has 7 heteroatoms. The maximum atomic E-state index is 12.8. The average Bonchev–Trinajstić information content (AvgIpc) is 2.67. The molecule has 0 heterocycles. The third kappa shape index (κ3) is 5.20. The van der Waals surface area contributed by atoms with E-state index < -0.39 is 6.61 Å². The second kappa shape index (κ2) is 9.56. The fourth-order valence-corrected chi connectivity index (χ4v) is 2.41. The molecular formula is C20H20F2O5. The summed E-state index contributed by atoms with van der Waals surface area (Å²) in [7, 11) is 2.95. The summed E-state index contributed by atoms with van der Waals surface area (Å²) in [5, 5.41) is 0. The first-order valence-electron chi connectivity index (χ1n) is 8.15. The van der Waals surface area contributed by atoms with Crippen LogP contribution in [0.3, 0.4) is 0 Å². The monoisotopic (exact) mass is 378 g/mol. The Labute approximate surface area is 156 Å². The molecule has 0 atom stereocenters. The zero-order valence-corrected chi connectivity index (χ0v) is 15.2. The Morgan fingerprint density at radius 1 is 1.11 bits per heavy atom. The Morgan fingerprint density at radius 2 is 1.89 bits per heavy atom. The number of carbonyl (C=O) groups is 1. The molecule has 27 heavy (non-hydrogen) atoms. The van der Waals surface area contributed by atoms with Crippen molar-refractivity contribution in [3.8, 4) is 23.0 Å². The Morgan fingerprint density at radius 3 is 2.52 bits per heavy atom. The average molecular weight is 378 g/mol. The number of para-hydroxylation sites is 1. The van der Waals surface area contributed by atoms with Crippen LogP contribution in [0.15, 0.2) is 42.5 Å². The summed E-state index contributed by atoms with van der Waals surface area (Å²) in [6.07, 6.45) is 2.65. The SMILES string of the molecule is CCOc1cccc(/C=C/C(=O)c2ccc(OC)cc2OC)c1OC(F)F. The Balaban J connectivity index is 2.34. The van der Waals surface area contributed by atoms with E-state index in [4.69, 9.17) is 14.2 Å². The van der Waals surface area contributed by atoms with Crippen molar-refractivity contribution in [2.75, 3.05) is 20.8 Å². The van der Waals surface area contributed by atoms with E-state index in [1.807, 2.05) is 0 Å². The van der Waals surface area contributed by atoms with E-state index in [9.17, 15) is 13.6 Å². The van der Waals surface area contributed by atoms with Crippen molar-refractivity contribution in [1.82, 2.24) is 0 Å². The summed E-state index contributed by atoms with van der Waals surface area (Å²) in [5.41, 5.74) is 0.605. The number of benzene rings is 2. The van der Waals surface area contributed by atoms with Gasteiger partial charge in [-0.1, -0.05) is 12.1 Å². The number of hydrogen-bond donors (Lipinski definition) is 0. The molecule has 0 aromatic heterocycles. The minimum atomic E-state index is -3.02. The first kappa shape index (κ1) is 20.2. The van der Waals surface area contributed by atoms with E-state index in [1.54, 1.807) is 37.3 Å². The fourth-order valence-electron chi connectivity index (χ4n) is 2.41. The van der Waals surface area contributed by atoms with Gasteiger partial charge in [0, 0.05) is 11.6 Å². The van der Waals surface area contributed by atoms with Gasteiger partial charge in [0.25, 0.3) is 0 Å². The van der Waals surface area contributed by atoms with Crippen LogP contribution in [-0.4, -0.2) is 33.2 Å². The molecule has 0 spiro atoms. The Bertz CT molecular complexity index is 818. The molecule has 0 saturated heterocycles. The molecule has 0 unspecified atom stereocenters. The van der Waals surface area contributed by atoms with Crippen LogP contribution in [0, 0.1) is 0 Å². The highest BCUT2D eigenvalue weighted by Crippen LogP contribution is 2.34. The number of methoxy groups -OCH3 is 2. The minimum Gasteiger partial charge on any atom is -0.497 e. The van der Waals surface area contributed by atoms with E-state index in [0.717, 1.165) is 0 Å². The number of hydrogen-bond acceptors (Lipinski definition) is 5. The molecule has 0 saturated carbocycles. The number of halogens is 2. The lowest BCUT2D eigenvalue weighted by molar-refractivity contribution is -0.0515. The highest BCUT2D eigenvalue weighted by molar-refractivity contribution is 6.08. The largest absolute Gasteiger partial charge is 0.497 e. The number of rotatable bonds is 9. The van der Waals surface area contributed by atoms with E-state index in [1.165, 1.54) is 32.4 Å². The molecule has 0 aliphatic heterocycles. The molecule has 0 amide bonds. The van der Waals surface area contributed by atoms with E-state index in [0.29, 0.717) is 22.6 Å². The summed E-state index contributed by atoms with van der Waals surface area (Å²) in [4.78, 5) is 12.5. The van der Waals surface area contributed by atoms with Crippen LogP contribution < -0.4 is 18.9 Å². The van der Waals surface area contributed by atoms with Crippen molar-refractivity contribution in [2.24, 2.45) is 0 Å². The van der Waals surface area contributed by atoms with Crippen molar-refractivity contribution in [2.45, 2.75) is 13.5 Å². The molecular weight excluding hydrogens is 358 g/mol. The Hall–Kier alpha value is -3.09. The normalized spacial score (nSPS) is 10.9. The van der Waals surface area contributed by atoms with Crippen molar-refractivity contribution < 1.29 is 32.5 Å². The van der Waals surface area contributed by atoms with Crippen LogP contribution in [0.4, 0.5) is 8.78 Å². The molecule has 0 N–H and O–H groups in total. The standard InChI is InChI=1S/C20H20F2O5/c1-4-26-17-7-5-6-13(19(17)27-20(21)22)8-11-16(23)15-10-9-14(24-2)12-18(15)25-3/h5-12,20H,4H2,1-3H3/b11-8+. The molecule has 0 radical (unpaired) electrons. The molecule has 5 nitrogen and oxygen atoms in total. The van der Waals surface area contributed by atoms with Crippen LogP contribution >= 0.6 is 0 Å². The van der Waals surface area contributed by atoms with E-state index in [2.05, 4.69) is 4.74 Å². The first-order valence-corrected chi connectivity index (χ1v) is 8.15. The maximum absolute atomic E-state index is 12.8. The third-order valence-electron chi connectivity index (χ3n) is 3.60. The molecule has 0 aliphatic rings. The smallest absolute Gasteiger partial charge is 0.387 e. The molecule has 2 aromatic rings. The molecule has 2 aromatic carbocycles. The predicted octanol–water partition coefficient (Wildman–Crippen LogP) is 4.60. The molecule has 0 fully saturated rings. The number of alkyl halides is 2. The van der Waals surface area contributed by atoms with E-state index in [-0.39, 0.29) is 23.9 Å². The lowest BCUT2D eigenvalue weighted by Crippen LogP contribution is -2.06. The summed E-state index contributed by atoms with van der Waals surface area (Å²) >= 11 is 0. The van der Waals surface area contributed by atoms with Gasteiger partial charge in [-0.25, -0.2) is 0 Å². The zero-order chi connectivity index (χ0) is 19.8. The van der Waals surface area contributed by atoms with Crippen LogP contribution in [0.2, 0.25) is 0 Å². The van der Waals surface area contributed by atoms with Gasteiger partial charge in [0.05, 0.1) is 26.4 Å². The van der Waals surface area contributed by atoms with Gasteiger partial charge in [-0.3, -0.25) is 4.79 Å². The van der Waals surface area contributed by atoms with Gasteiger partial charge in [-0.15, -0.1) is 0 Å². The second-order valence-electron chi connectivity index (χ2n) is 5.25. The van der Waals surface area contributed by atoms with Gasteiger partial charge in [0.1, 0.15) is 11.5 Å². The Kier molecular flexibility index (Phi) is 7.16. The van der Waals surface area contributed by atoms with Crippen molar-refractivity contribution >= 4 is 11.9 Å². The number of ketones is 1. The van der Waals surface area contributed by atoms with Gasteiger partial charge in [0.2, 0.25) is 0 Å². The van der Waals surface area contributed by atoms with Gasteiger partial charge in [0.15, 0.2) is 17.3 Å². The van der Waals surface area contributed by atoms with Gasteiger partial charge in [-0.2, -0.15) is 8.78 Å². The lowest BCUT2D eigenvalue weighted by Gasteiger charge is -2.13. The van der Waals surface area contributed by atoms with Crippen LogP contribution in [0.25, 0.3) is 6.08 Å². The lowest BCUT2D eigenvalue weighted by atomic mass is 10.1. The quantitative estimate of drug-likeness (QED) is 0.472. The molecule has 144 valence electrons. The zero-order valence-electron chi connectivity index (χ0n) is 15.2. The van der Waals surface area contributed by atoms with Crippen LogP contribution in [0.5, 0.6) is 23.0 Å². The molecule has 0 aliphatic carbocycles. The van der Waals surface area contributed by atoms with Crippen molar-refractivity contribution in [3.63, 3.8) is 0 Å². The highest BCUT2D eigenvalue weighted by Gasteiger charge is 2.15. The van der Waals surface area contributed by atoms with Crippen LogP contribution in [0.1, 0.15) is 22.8 Å². The van der Waals surface area contributed by atoms with E-state index >= 15 is 0 Å². The first-order chi connectivity index (χ1) is 13.0. The summed E-state index contributed by atoms with van der Waals surface area (Å²) in [6, 6.07) is 9.48. The minimum absolute atomic E-state index is 0.125. The highest BCUT2D eigenvalue weighted by atomic mass is 19.3. The van der Waals surface area contributed by atoms with Gasteiger partial charge < -0.3 is 18.9 Å². The maximum Gasteiger partial charge on any atom is 0.387 e. The predicted molar refractivity (Wildman–Crippen MR) is 97.2 cm³/mol. The number of allylic oxidation sites excluding steroid dienone is 1.